The molecule has 0 saturated heterocycles. The molecule has 2 N–H and O–H groups in total. The van der Waals surface area contributed by atoms with Gasteiger partial charge in [0.1, 0.15) is 5.75 Å². The van der Waals surface area contributed by atoms with Crippen molar-refractivity contribution in [2.45, 2.75) is 20.8 Å². The van der Waals surface area contributed by atoms with Crippen LogP contribution in [0.15, 0.2) is 30.5 Å². The fourth-order valence-corrected chi connectivity index (χ4v) is 1.72. The first-order valence-corrected chi connectivity index (χ1v) is 7.11. The summed E-state index contributed by atoms with van der Waals surface area (Å²) in [6.07, 6.45) is 1.61. The van der Waals surface area contributed by atoms with Gasteiger partial charge in [-0.05, 0) is 25.0 Å². The van der Waals surface area contributed by atoms with Crippen LogP contribution in [0.3, 0.4) is 0 Å². The molecule has 0 aliphatic carbocycles. The van der Waals surface area contributed by atoms with Gasteiger partial charge in [-0.3, -0.25) is 0 Å². The molecule has 21 heavy (non-hydrogen) atoms. The first kappa shape index (κ1) is 15.0. The summed E-state index contributed by atoms with van der Waals surface area (Å²) in [5, 5.41) is 14.3. The summed E-state index contributed by atoms with van der Waals surface area (Å²) in [6.45, 7) is 7.67. The van der Waals surface area contributed by atoms with Gasteiger partial charge in [0.15, 0.2) is 5.82 Å². The Kier molecular flexibility index (Phi) is 5.31. The van der Waals surface area contributed by atoms with Gasteiger partial charge in [0.05, 0.1) is 18.5 Å². The molecule has 0 unspecified atom stereocenters. The van der Waals surface area contributed by atoms with E-state index in [2.05, 4.69) is 39.7 Å². The number of aromatic nitrogens is 3. The molecule has 6 heteroatoms. The Morgan fingerprint density at radius 1 is 1.24 bits per heavy atom. The molecule has 2 aromatic rings. The molecule has 0 atom stereocenters. The zero-order valence-corrected chi connectivity index (χ0v) is 12.6. The van der Waals surface area contributed by atoms with Gasteiger partial charge >= 0.3 is 0 Å². The van der Waals surface area contributed by atoms with Crippen molar-refractivity contribution in [3.8, 4) is 5.75 Å². The minimum atomic E-state index is 0.441. The van der Waals surface area contributed by atoms with E-state index in [0.29, 0.717) is 24.3 Å². The molecule has 0 bridgehead atoms. The molecule has 2 rings (SSSR count). The molecular weight excluding hydrogens is 266 g/mol. The number of benzene rings is 1. The monoisotopic (exact) mass is 287 g/mol. The summed E-state index contributed by atoms with van der Waals surface area (Å²) < 4.78 is 5.56. The molecule has 1 heterocycles. The van der Waals surface area contributed by atoms with Gasteiger partial charge in [-0.25, -0.2) is 0 Å². The molecule has 0 saturated carbocycles. The van der Waals surface area contributed by atoms with Crippen LogP contribution in [0.5, 0.6) is 5.75 Å². The zero-order chi connectivity index (χ0) is 15.1. The molecule has 0 spiro atoms. The molecule has 0 fully saturated rings. The van der Waals surface area contributed by atoms with E-state index >= 15 is 0 Å². The Labute approximate surface area is 125 Å². The van der Waals surface area contributed by atoms with Crippen LogP contribution in [-0.2, 0) is 0 Å². The third kappa shape index (κ3) is 4.59. The van der Waals surface area contributed by atoms with E-state index in [1.165, 1.54) is 0 Å². The van der Waals surface area contributed by atoms with Crippen LogP contribution in [-0.4, -0.2) is 28.3 Å². The number of hydrogen-bond acceptors (Lipinski definition) is 6. The molecular formula is C15H21N5O. The normalized spacial score (nSPS) is 10.5. The van der Waals surface area contributed by atoms with Gasteiger partial charge < -0.3 is 15.4 Å². The fraction of sp³-hybridized carbons (Fsp3) is 0.400. The van der Waals surface area contributed by atoms with Gasteiger partial charge in [-0.1, -0.05) is 26.0 Å². The number of anilines is 3. The highest BCUT2D eigenvalue weighted by molar-refractivity contribution is 5.62. The van der Waals surface area contributed by atoms with Crippen molar-refractivity contribution in [2.24, 2.45) is 5.92 Å². The lowest BCUT2D eigenvalue weighted by atomic mass is 10.2. The van der Waals surface area contributed by atoms with E-state index in [1.54, 1.807) is 6.20 Å². The van der Waals surface area contributed by atoms with Gasteiger partial charge in [0.2, 0.25) is 5.95 Å². The predicted octanol–water partition coefficient (Wildman–Crippen LogP) is 3.08. The Balaban J connectivity index is 2.11. The highest BCUT2D eigenvalue weighted by Crippen LogP contribution is 2.26. The summed E-state index contributed by atoms with van der Waals surface area (Å²) in [6, 6.07) is 7.68. The maximum Gasteiger partial charge on any atom is 0.249 e. The minimum Gasteiger partial charge on any atom is -0.492 e. The Hall–Kier alpha value is -2.37. The van der Waals surface area contributed by atoms with Crippen LogP contribution in [0.1, 0.15) is 20.8 Å². The van der Waals surface area contributed by atoms with Crippen molar-refractivity contribution in [1.29, 1.82) is 0 Å². The van der Waals surface area contributed by atoms with E-state index in [4.69, 9.17) is 4.74 Å². The van der Waals surface area contributed by atoms with Crippen LogP contribution in [0.2, 0.25) is 0 Å². The SMILES string of the molecule is CCOc1ccccc1Nc1nncc(NCC(C)C)n1. The molecule has 6 nitrogen and oxygen atoms in total. The van der Waals surface area contributed by atoms with Crippen molar-refractivity contribution in [3.05, 3.63) is 30.5 Å². The van der Waals surface area contributed by atoms with E-state index in [1.807, 2.05) is 31.2 Å². The lowest BCUT2D eigenvalue weighted by Crippen LogP contribution is -2.11. The lowest BCUT2D eigenvalue weighted by molar-refractivity contribution is 0.342. The van der Waals surface area contributed by atoms with Crippen LogP contribution in [0.25, 0.3) is 0 Å². The molecule has 1 aromatic heterocycles. The largest absolute Gasteiger partial charge is 0.492 e. The smallest absolute Gasteiger partial charge is 0.249 e. The number of para-hydroxylation sites is 2. The second kappa shape index (κ2) is 7.42. The third-order valence-electron chi connectivity index (χ3n) is 2.68. The van der Waals surface area contributed by atoms with Crippen molar-refractivity contribution in [2.75, 3.05) is 23.8 Å². The van der Waals surface area contributed by atoms with Crippen LogP contribution < -0.4 is 15.4 Å². The average molecular weight is 287 g/mol. The van der Waals surface area contributed by atoms with Gasteiger partial charge in [0.25, 0.3) is 0 Å². The number of nitrogens with one attached hydrogen (secondary N) is 2. The average Bonchev–Trinajstić information content (AvgIpc) is 2.48. The highest BCUT2D eigenvalue weighted by Gasteiger charge is 2.06. The maximum atomic E-state index is 5.56. The Morgan fingerprint density at radius 2 is 2.05 bits per heavy atom. The summed E-state index contributed by atoms with van der Waals surface area (Å²) in [5.74, 6) is 2.45. The second-order valence-corrected chi connectivity index (χ2v) is 4.99. The van der Waals surface area contributed by atoms with Crippen LogP contribution in [0, 0.1) is 5.92 Å². The quantitative estimate of drug-likeness (QED) is 0.815. The first-order valence-electron chi connectivity index (χ1n) is 7.11. The number of nitrogens with zero attached hydrogens (tertiary/aromatic N) is 3. The first-order chi connectivity index (χ1) is 10.2. The maximum absolute atomic E-state index is 5.56. The Morgan fingerprint density at radius 3 is 2.81 bits per heavy atom. The van der Waals surface area contributed by atoms with E-state index in [9.17, 15) is 0 Å². The predicted molar refractivity (Wildman–Crippen MR) is 84.0 cm³/mol. The second-order valence-electron chi connectivity index (χ2n) is 4.99. The fourth-order valence-electron chi connectivity index (χ4n) is 1.72. The number of hydrogen-bond donors (Lipinski definition) is 2. The summed E-state index contributed by atoms with van der Waals surface area (Å²) >= 11 is 0. The van der Waals surface area contributed by atoms with Gasteiger partial charge in [-0.2, -0.15) is 10.1 Å². The van der Waals surface area contributed by atoms with Gasteiger partial charge in [0, 0.05) is 6.54 Å². The van der Waals surface area contributed by atoms with Crippen molar-refractivity contribution < 1.29 is 4.74 Å². The van der Waals surface area contributed by atoms with E-state index in [0.717, 1.165) is 18.0 Å². The minimum absolute atomic E-state index is 0.441. The van der Waals surface area contributed by atoms with Crippen molar-refractivity contribution >= 4 is 17.5 Å². The summed E-state index contributed by atoms with van der Waals surface area (Å²) in [7, 11) is 0. The Bertz CT molecular complexity index is 573. The molecule has 112 valence electrons. The molecule has 0 radical (unpaired) electrons. The lowest BCUT2D eigenvalue weighted by Gasteiger charge is -2.12. The van der Waals surface area contributed by atoms with E-state index in [-0.39, 0.29) is 0 Å². The topological polar surface area (TPSA) is 72.0 Å². The molecule has 0 aliphatic rings. The number of rotatable bonds is 7. The number of ether oxygens (including phenoxy) is 1. The molecule has 0 aliphatic heterocycles. The molecule has 0 amide bonds. The zero-order valence-electron chi connectivity index (χ0n) is 12.6. The van der Waals surface area contributed by atoms with E-state index < -0.39 is 0 Å². The summed E-state index contributed by atoms with van der Waals surface area (Å²) in [5.41, 5.74) is 0.821. The van der Waals surface area contributed by atoms with Crippen molar-refractivity contribution in [3.63, 3.8) is 0 Å². The van der Waals surface area contributed by atoms with Gasteiger partial charge in [-0.15, -0.1) is 5.10 Å². The van der Waals surface area contributed by atoms with Crippen LogP contribution >= 0.6 is 0 Å². The van der Waals surface area contributed by atoms with Crippen LogP contribution in [0.4, 0.5) is 17.5 Å². The standard InChI is InChI=1S/C15H21N5O/c1-4-21-13-8-6-5-7-12(13)18-15-19-14(10-17-20-15)16-9-11(2)3/h5-8,10-11H,4,9H2,1-3H3,(H2,16,18,19,20). The third-order valence-corrected chi connectivity index (χ3v) is 2.68. The highest BCUT2D eigenvalue weighted by atomic mass is 16.5. The molecule has 1 aromatic carbocycles. The summed E-state index contributed by atoms with van der Waals surface area (Å²) in [4.78, 5) is 4.39. The van der Waals surface area contributed by atoms with Crippen molar-refractivity contribution in [1.82, 2.24) is 15.2 Å².